The van der Waals surface area contributed by atoms with E-state index in [1.165, 1.54) is 11.1 Å². The number of hydrogen-bond donors (Lipinski definition) is 0. The van der Waals surface area contributed by atoms with E-state index in [-0.39, 0.29) is 11.2 Å². The van der Waals surface area contributed by atoms with Crippen LogP contribution in [0.3, 0.4) is 0 Å². The summed E-state index contributed by atoms with van der Waals surface area (Å²) in [6.45, 7) is 25.9. The lowest BCUT2D eigenvalue weighted by atomic mass is 9.88. The third kappa shape index (κ3) is 14.2. The van der Waals surface area contributed by atoms with Crippen molar-refractivity contribution in [3.63, 3.8) is 0 Å². The van der Waals surface area contributed by atoms with Crippen LogP contribution in [0.25, 0.3) is 0 Å². The van der Waals surface area contributed by atoms with Crippen molar-refractivity contribution >= 4 is 0 Å². The highest BCUT2D eigenvalue weighted by molar-refractivity contribution is 5.30. The van der Waals surface area contributed by atoms with Crippen LogP contribution >= 0.6 is 0 Å². The molecule has 180 valence electrons. The second-order valence-corrected chi connectivity index (χ2v) is 13.2. The topological polar surface area (TPSA) is 18.5 Å². The summed E-state index contributed by atoms with van der Waals surface area (Å²) in [5.41, 5.74) is 3.13. The summed E-state index contributed by atoms with van der Waals surface area (Å²) in [5, 5.41) is 0. The summed E-state index contributed by atoms with van der Waals surface area (Å²) in [4.78, 5) is 0. The fraction of sp³-hybridized carbons (Fsp3) is 0.600. The van der Waals surface area contributed by atoms with Crippen molar-refractivity contribution in [3.05, 3.63) is 59.7 Å². The van der Waals surface area contributed by atoms with Gasteiger partial charge in [0.1, 0.15) is 22.7 Å². The van der Waals surface area contributed by atoms with E-state index in [0.717, 1.165) is 24.3 Å². The monoisotopic (exact) mass is 440 g/mol. The van der Waals surface area contributed by atoms with E-state index in [4.69, 9.17) is 9.47 Å². The molecule has 0 amide bonds. The van der Waals surface area contributed by atoms with Crippen molar-refractivity contribution in [2.24, 2.45) is 10.8 Å². The maximum atomic E-state index is 5.86. The number of hydrogen-bond acceptors (Lipinski definition) is 2. The zero-order chi connectivity index (χ0) is 24.8. The van der Waals surface area contributed by atoms with Crippen LogP contribution in [-0.4, -0.2) is 11.2 Å². The normalized spacial score (nSPS) is 12.6. The van der Waals surface area contributed by atoms with Gasteiger partial charge in [0.05, 0.1) is 0 Å². The standard InChI is InChI=1S/2C15H24O/c1-14(2,3)11-12-7-9-13(10-8-12)16-15(4,5)6;1-14(2,3)11-12-8-7-9-13(10-12)16-15(4,5)6/h2*7-10H,11H2,1-6H3. The Morgan fingerprint density at radius 2 is 0.938 bits per heavy atom. The molecule has 0 saturated heterocycles. The predicted molar refractivity (Wildman–Crippen MR) is 140 cm³/mol. The third-order valence-electron chi connectivity index (χ3n) is 4.14. The number of rotatable bonds is 4. The molecule has 0 aromatic heterocycles. The Morgan fingerprint density at radius 3 is 1.38 bits per heavy atom. The molecule has 0 fully saturated rings. The second kappa shape index (κ2) is 10.8. The van der Waals surface area contributed by atoms with Gasteiger partial charge >= 0.3 is 0 Å². The fourth-order valence-corrected chi connectivity index (χ4v) is 3.33. The van der Waals surface area contributed by atoms with Crippen LogP contribution in [-0.2, 0) is 12.8 Å². The molecule has 0 spiro atoms. The summed E-state index contributed by atoms with van der Waals surface area (Å²) < 4.78 is 11.6. The largest absolute Gasteiger partial charge is 0.488 e. The van der Waals surface area contributed by atoms with Crippen molar-refractivity contribution in [1.29, 1.82) is 0 Å². The number of benzene rings is 2. The average molecular weight is 441 g/mol. The van der Waals surface area contributed by atoms with Crippen molar-refractivity contribution in [3.8, 4) is 11.5 Å². The number of ether oxygens (including phenoxy) is 2. The van der Waals surface area contributed by atoms with E-state index in [2.05, 4.69) is 126 Å². The first kappa shape index (κ1) is 28.1. The molecule has 2 rings (SSSR count). The van der Waals surface area contributed by atoms with Crippen molar-refractivity contribution in [1.82, 2.24) is 0 Å². The van der Waals surface area contributed by atoms with Crippen LogP contribution < -0.4 is 9.47 Å². The summed E-state index contributed by atoms with van der Waals surface area (Å²) >= 11 is 0. The van der Waals surface area contributed by atoms with Gasteiger partial charge in [-0.2, -0.15) is 0 Å². The molecule has 0 heterocycles. The quantitative estimate of drug-likeness (QED) is 0.472. The van der Waals surface area contributed by atoms with E-state index in [1.807, 2.05) is 6.07 Å². The van der Waals surface area contributed by atoms with Crippen LogP contribution in [0.5, 0.6) is 11.5 Å². The Labute approximate surface area is 198 Å². The highest BCUT2D eigenvalue weighted by Gasteiger charge is 2.15. The molecular weight excluding hydrogens is 392 g/mol. The highest BCUT2D eigenvalue weighted by atomic mass is 16.5. The average Bonchev–Trinajstić information content (AvgIpc) is 2.52. The van der Waals surface area contributed by atoms with Gasteiger partial charge in [-0.25, -0.2) is 0 Å². The Balaban J connectivity index is 0.000000320. The minimum atomic E-state index is -0.125. The molecule has 0 atom stereocenters. The summed E-state index contributed by atoms with van der Waals surface area (Å²) in [7, 11) is 0. The zero-order valence-electron chi connectivity index (χ0n) is 22.8. The summed E-state index contributed by atoms with van der Waals surface area (Å²) in [6.07, 6.45) is 2.18. The Morgan fingerprint density at radius 1 is 0.500 bits per heavy atom. The van der Waals surface area contributed by atoms with Gasteiger partial charge in [0.25, 0.3) is 0 Å². The van der Waals surface area contributed by atoms with E-state index < -0.39 is 0 Å². The first-order chi connectivity index (χ1) is 14.3. The molecule has 0 saturated carbocycles. The lowest BCUT2D eigenvalue weighted by Gasteiger charge is -2.23. The van der Waals surface area contributed by atoms with E-state index in [9.17, 15) is 0 Å². The van der Waals surface area contributed by atoms with Gasteiger partial charge in [0.15, 0.2) is 0 Å². The first-order valence-electron chi connectivity index (χ1n) is 11.9. The Bertz CT molecular complexity index is 738. The van der Waals surface area contributed by atoms with Gasteiger partial charge in [0.2, 0.25) is 0 Å². The highest BCUT2D eigenvalue weighted by Crippen LogP contribution is 2.25. The van der Waals surface area contributed by atoms with E-state index >= 15 is 0 Å². The molecule has 2 nitrogen and oxygen atoms in total. The maximum absolute atomic E-state index is 5.86. The molecule has 0 bridgehead atoms. The summed E-state index contributed by atoms with van der Waals surface area (Å²) in [5.74, 6) is 1.92. The van der Waals surface area contributed by atoms with Crippen LogP contribution in [0.4, 0.5) is 0 Å². The van der Waals surface area contributed by atoms with Crippen LogP contribution in [0.2, 0.25) is 0 Å². The lowest BCUT2D eigenvalue weighted by Crippen LogP contribution is -2.23. The molecule has 0 aliphatic heterocycles. The molecule has 0 radical (unpaired) electrons. The van der Waals surface area contributed by atoms with Crippen LogP contribution in [0.1, 0.15) is 94.2 Å². The van der Waals surface area contributed by atoms with Gasteiger partial charge in [-0.3, -0.25) is 0 Å². The van der Waals surface area contributed by atoms with Crippen LogP contribution in [0.15, 0.2) is 48.5 Å². The molecule has 0 aliphatic carbocycles. The molecule has 0 unspecified atom stereocenters. The smallest absolute Gasteiger partial charge is 0.120 e. The third-order valence-corrected chi connectivity index (χ3v) is 4.14. The second-order valence-electron chi connectivity index (χ2n) is 13.2. The van der Waals surface area contributed by atoms with Crippen molar-refractivity contribution < 1.29 is 9.47 Å². The van der Waals surface area contributed by atoms with Gasteiger partial charge in [0, 0.05) is 0 Å². The fourth-order valence-electron chi connectivity index (χ4n) is 3.33. The minimum absolute atomic E-state index is 0.120. The van der Waals surface area contributed by atoms with E-state index in [1.54, 1.807) is 0 Å². The predicted octanol–water partition coefficient (Wildman–Crippen LogP) is 8.91. The first-order valence-corrected chi connectivity index (χ1v) is 11.9. The van der Waals surface area contributed by atoms with Crippen molar-refractivity contribution in [2.45, 2.75) is 107 Å². The molecule has 0 N–H and O–H groups in total. The molecule has 2 aromatic rings. The SMILES string of the molecule is CC(C)(C)Cc1ccc(OC(C)(C)C)cc1.CC(C)(C)Cc1cccc(OC(C)(C)C)c1. The molecule has 32 heavy (non-hydrogen) atoms. The van der Waals surface area contributed by atoms with E-state index in [0.29, 0.717) is 10.8 Å². The molecule has 0 aliphatic rings. The van der Waals surface area contributed by atoms with Crippen molar-refractivity contribution in [2.75, 3.05) is 0 Å². The van der Waals surface area contributed by atoms with Gasteiger partial charge in [-0.05, 0) is 101 Å². The van der Waals surface area contributed by atoms with Gasteiger partial charge in [-0.15, -0.1) is 0 Å². The Kier molecular flexibility index (Phi) is 9.45. The molecular formula is C30H48O2. The maximum Gasteiger partial charge on any atom is 0.120 e. The van der Waals surface area contributed by atoms with Gasteiger partial charge in [-0.1, -0.05) is 65.8 Å². The lowest BCUT2D eigenvalue weighted by molar-refractivity contribution is 0.130. The summed E-state index contributed by atoms with van der Waals surface area (Å²) in [6, 6.07) is 16.9. The van der Waals surface area contributed by atoms with Crippen LogP contribution in [0, 0.1) is 10.8 Å². The molecule has 2 aromatic carbocycles. The minimum Gasteiger partial charge on any atom is -0.488 e. The zero-order valence-corrected chi connectivity index (χ0v) is 22.8. The molecule has 2 heteroatoms. The Hall–Kier alpha value is -1.96. The van der Waals surface area contributed by atoms with Gasteiger partial charge < -0.3 is 9.47 Å².